The highest BCUT2D eigenvalue weighted by molar-refractivity contribution is 6.90. The molecule has 0 aromatic heterocycles. The molecule has 3 nitrogen and oxygen atoms in total. The number of carboxylic acid groups (broad SMARTS) is 1. The molecular weight excluding hydrogens is 364 g/mol. The van der Waals surface area contributed by atoms with E-state index < -0.39 is 14.0 Å². The molecule has 144 valence electrons. The number of rotatable bonds is 7. The number of hydrogen-bond acceptors (Lipinski definition) is 2. The summed E-state index contributed by atoms with van der Waals surface area (Å²) in [6.07, 6.45) is 0.903. The second-order valence-corrected chi connectivity index (χ2v) is 12.2. The zero-order valence-corrected chi connectivity index (χ0v) is 17.6. The number of aromatic carboxylic acids is 1. The van der Waals surface area contributed by atoms with Gasteiger partial charge in [0.25, 0.3) is 0 Å². The fraction of sp³-hybridized carbons (Fsp3) is 0.208. The molecule has 28 heavy (non-hydrogen) atoms. The van der Waals surface area contributed by atoms with Crippen molar-refractivity contribution in [3.05, 3.63) is 84.4 Å². The maximum absolute atomic E-state index is 11.1. The summed E-state index contributed by atoms with van der Waals surface area (Å²) in [5, 5.41) is 10.3. The Kier molecular flexibility index (Phi) is 6.00. The maximum Gasteiger partial charge on any atom is 0.335 e. The van der Waals surface area contributed by atoms with Gasteiger partial charge >= 0.3 is 5.97 Å². The van der Waals surface area contributed by atoms with Crippen LogP contribution in [0.25, 0.3) is 11.1 Å². The molecule has 0 radical (unpaired) electrons. The zero-order valence-electron chi connectivity index (χ0n) is 16.6. The van der Waals surface area contributed by atoms with Crippen LogP contribution in [0.5, 0.6) is 5.75 Å². The Labute approximate surface area is 167 Å². The maximum atomic E-state index is 11.1. The van der Waals surface area contributed by atoms with E-state index in [9.17, 15) is 4.79 Å². The molecule has 0 fully saturated rings. The van der Waals surface area contributed by atoms with E-state index in [1.807, 2.05) is 42.5 Å². The molecular formula is C24H26O3Si. The van der Waals surface area contributed by atoms with E-state index in [2.05, 4.69) is 44.3 Å². The average molecular weight is 391 g/mol. The average Bonchev–Trinajstić information content (AvgIpc) is 2.73. The third-order valence-corrected chi connectivity index (χ3v) is 9.25. The van der Waals surface area contributed by atoms with Crippen LogP contribution in [-0.4, -0.2) is 24.9 Å². The minimum Gasteiger partial charge on any atom is -0.494 e. The Bertz CT molecular complexity index is 916. The monoisotopic (exact) mass is 390 g/mol. The number of hydrogen-bond donors (Lipinski definition) is 1. The van der Waals surface area contributed by atoms with E-state index in [1.165, 1.54) is 16.3 Å². The number of carboxylic acids is 1. The van der Waals surface area contributed by atoms with Crippen LogP contribution in [0.2, 0.25) is 13.1 Å². The molecule has 4 heteroatoms. The number of ether oxygens (including phenoxy) is 1. The molecule has 0 saturated carbocycles. The first-order valence-corrected chi connectivity index (χ1v) is 12.7. The third-order valence-electron chi connectivity index (χ3n) is 5.29. The summed E-state index contributed by atoms with van der Waals surface area (Å²) in [4.78, 5) is 11.1. The van der Waals surface area contributed by atoms with E-state index in [4.69, 9.17) is 9.84 Å². The van der Waals surface area contributed by atoms with Gasteiger partial charge in [-0.05, 0) is 41.8 Å². The minimum absolute atomic E-state index is 0.103. The standard InChI is InChI=1S/C24H26O3Si/c1-4-23(28(2,3)22-16-12-20(13-17-22)24(25)26)27-21-14-10-19(11-15-21)18-8-6-5-7-9-18/h5-17,23H,4H2,1-3H3,(H,25,26). The lowest BCUT2D eigenvalue weighted by molar-refractivity contribution is 0.0697. The van der Waals surface area contributed by atoms with Gasteiger partial charge in [0, 0.05) is 0 Å². The summed E-state index contributed by atoms with van der Waals surface area (Å²) in [6, 6.07) is 25.8. The van der Waals surface area contributed by atoms with Gasteiger partial charge in [-0.1, -0.05) is 79.8 Å². The number of carbonyl (C=O) groups is 1. The molecule has 1 N–H and O–H groups in total. The highest BCUT2D eigenvalue weighted by Gasteiger charge is 2.34. The van der Waals surface area contributed by atoms with Crippen LogP contribution in [-0.2, 0) is 0 Å². The summed E-state index contributed by atoms with van der Waals surface area (Å²) in [5.41, 5.74) is 2.78. The summed E-state index contributed by atoms with van der Waals surface area (Å²) < 4.78 is 6.40. The topological polar surface area (TPSA) is 46.5 Å². The summed E-state index contributed by atoms with van der Waals surface area (Å²) in [5.74, 6) is -0.0258. The Morgan fingerprint density at radius 3 is 2.00 bits per heavy atom. The first-order valence-electron chi connectivity index (χ1n) is 9.58. The van der Waals surface area contributed by atoms with Crippen molar-refractivity contribution in [3.8, 4) is 16.9 Å². The van der Waals surface area contributed by atoms with Crippen molar-refractivity contribution in [1.82, 2.24) is 0 Å². The Hall–Kier alpha value is -2.85. The van der Waals surface area contributed by atoms with E-state index >= 15 is 0 Å². The quantitative estimate of drug-likeness (QED) is 0.552. The first kappa shape index (κ1) is 19.9. The molecule has 0 aliphatic heterocycles. The highest BCUT2D eigenvalue weighted by atomic mass is 28.3. The molecule has 0 saturated heterocycles. The smallest absolute Gasteiger partial charge is 0.335 e. The van der Waals surface area contributed by atoms with Gasteiger partial charge in [-0.2, -0.15) is 0 Å². The molecule has 0 aliphatic carbocycles. The van der Waals surface area contributed by atoms with Gasteiger partial charge < -0.3 is 9.84 Å². The number of benzene rings is 3. The van der Waals surface area contributed by atoms with Gasteiger partial charge in [-0.25, -0.2) is 4.79 Å². The van der Waals surface area contributed by atoms with E-state index in [-0.39, 0.29) is 5.73 Å². The van der Waals surface area contributed by atoms with Crippen molar-refractivity contribution < 1.29 is 14.6 Å². The van der Waals surface area contributed by atoms with Crippen molar-refractivity contribution in [2.75, 3.05) is 0 Å². The van der Waals surface area contributed by atoms with Crippen LogP contribution in [0, 0.1) is 0 Å². The van der Waals surface area contributed by atoms with E-state index in [1.54, 1.807) is 12.1 Å². The summed E-state index contributed by atoms with van der Waals surface area (Å²) in [6.45, 7) is 6.69. The lowest BCUT2D eigenvalue weighted by Gasteiger charge is -2.32. The molecule has 0 heterocycles. The van der Waals surface area contributed by atoms with Crippen molar-refractivity contribution in [2.45, 2.75) is 32.2 Å². The predicted octanol–water partition coefficient (Wildman–Crippen LogP) is 5.36. The van der Waals surface area contributed by atoms with Gasteiger partial charge in [0.05, 0.1) is 11.3 Å². The van der Waals surface area contributed by atoms with Crippen LogP contribution in [0.1, 0.15) is 23.7 Å². The molecule has 3 aromatic carbocycles. The van der Waals surface area contributed by atoms with Gasteiger partial charge in [0.1, 0.15) is 13.8 Å². The fourth-order valence-electron chi connectivity index (χ4n) is 3.49. The van der Waals surface area contributed by atoms with Crippen LogP contribution in [0.15, 0.2) is 78.9 Å². The van der Waals surface area contributed by atoms with Crippen LogP contribution < -0.4 is 9.92 Å². The van der Waals surface area contributed by atoms with Crippen molar-refractivity contribution in [2.24, 2.45) is 0 Å². The minimum atomic E-state index is -1.94. The van der Waals surface area contributed by atoms with Crippen LogP contribution in [0.4, 0.5) is 0 Å². The largest absolute Gasteiger partial charge is 0.494 e. The van der Waals surface area contributed by atoms with Gasteiger partial charge in [-0.3, -0.25) is 0 Å². The van der Waals surface area contributed by atoms with Crippen molar-refractivity contribution in [1.29, 1.82) is 0 Å². The van der Waals surface area contributed by atoms with Gasteiger partial charge in [0.2, 0.25) is 0 Å². The first-order chi connectivity index (χ1) is 13.4. The van der Waals surface area contributed by atoms with Crippen LogP contribution >= 0.6 is 0 Å². The molecule has 0 spiro atoms. The lowest BCUT2D eigenvalue weighted by atomic mass is 10.1. The Balaban J connectivity index is 1.78. The fourth-order valence-corrected chi connectivity index (χ4v) is 6.34. The van der Waals surface area contributed by atoms with Crippen LogP contribution in [0.3, 0.4) is 0 Å². The normalized spacial score (nSPS) is 12.4. The second-order valence-electron chi connectivity index (χ2n) is 7.51. The molecule has 0 amide bonds. The van der Waals surface area contributed by atoms with E-state index in [0.29, 0.717) is 5.56 Å². The lowest BCUT2D eigenvalue weighted by Crippen LogP contribution is -2.55. The second kappa shape index (κ2) is 8.44. The molecule has 3 rings (SSSR count). The van der Waals surface area contributed by atoms with Crippen molar-refractivity contribution in [3.63, 3.8) is 0 Å². The Morgan fingerprint density at radius 1 is 0.893 bits per heavy atom. The molecule has 0 bridgehead atoms. The highest BCUT2D eigenvalue weighted by Crippen LogP contribution is 2.25. The van der Waals surface area contributed by atoms with Gasteiger partial charge in [-0.15, -0.1) is 0 Å². The predicted molar refractivity (Wildman–Crippen MR) is 117 cm³/mol. The molecule has 0 aliphatic rings. The summed E-state index contributed by atoms with van der Waals surface area (Å²) >= 11 is 0. The van der Waals surface area contributed by atoms with E-state index in [0.717, 1.165) is 12.2 Å². The zero-order chi connectivity index (χ0) is 20.1. The third kappa shape index (κ3) is 4.34. The Morgan fingerprint density at radius 2 is 1.46 bits per heavy atom. The molecule has 3 aromatic rings. The summed E-state index contributed by atoms with van der Waals surface area (Å²) in [7, 11) is -1.94. The van der Waals surface area contributed by atoms with Crippen molar-refractivity contribution >= 4 is 19.2 Å². The molecule has 1 unspecified atom stereocenters. The van der Waals surface area contributed by atoms with Gasteiger partial charge in [0.15, 0.2) is 0 Å². The SMILES string of the molecule is CCC(Oc1ccc(-c2ccccc2)cc1)[Si](C)(C)c1ccc(C(=O)O)cc1. The molecule has 1 atom stereocenters.